The molecule has 8 rings (SSSR count). The molecule has 2 atom stereocenters. The Hall–Kier alpha value is -6.65. The van der Waals surface area contributed by atoms with Crippen molar-refractivity contribution in [2.75, 3.05) is 37.9 Å². The number of anilines is 2. The van der Waals surface area contributed by atoms with Gasteiger partial charge < -0.3 is 41.1 Å². The van der Waals surface area contributed by atoms with Crippen molar-refractivity contribution in [2.24, 2.45) is 0 Å². The molecule has 0 saturated heterocycles. The summed E-state index contributed by atoms with van der Waals surface area (Å²) in [7, 11) is 2.16. The first-order valence-corrected chi connectivity index (χ1v) is 18.6. The zero-order chi connectivity index (χ0) is 43.1. The Kier molecular flexibility index (Phi) is 13.8. The number of amides is 4. The molecule has 0 fully saturated rings. The van der Waals surface area contributed by atoms with Gasteiger partial charge in [0.25, 0.3) is 23.6 Å². The third kappa shape index (κ3) is 9.08. The Balaban J connectivity index is 0.000000208. The number of hydrogen-bond acceptors (Lipinski definition) is 7. The van der Waals surface area contributed by atoms with Gasteiger partial charge in [0.05, 0.1) is 17.1 Å². The van der Waals surface area contributed by atoms with Crippen LogP contribution in [0.25, 0.3) is 21.8 Å². The molecule has 4 amide bonds. The fourth-order valence-electron chi connectivity index (χ4n) is 6.81. The van der Waals surface area contributed by atoms with Gasteiger partial charge in [0, 0.05) is 76.3 Å². The number of H-pyrrole nitrogens is 2. The van der Waals surface area contributed by atoms with E-state index in [0.29, 0.717) is 45.8 Å². The normalized spacial score (nSPS) is 14.9. The topological polar surface area (TPSA) is 214 Å². The van der Waals surface area contributed by atoms with Crippen LogP contribution < -0.4 is 21.3 Å². The maximum atomic E-state index is 14.1. The first-order chi connectivity index (χ1) is 28.3. The van der Waals surface area contributed by atoms with Crippen molar-refractivity contribution >= 4 is 78.7 Å². The van der Waals surface area contributed by atoms with Crippen molar-refractivity contribution in [3.8, 4) is 0 Å². The Labute approximate surface area is 343 Å². The molecule has 17 heteroatoms. The minimum absolute atomic E-state index is 0.106. The van der Waals surface area contributed by atoms with E-state index in [1.54, 1.807) is 42.5 Å². The van der Waals surface area contributed by atoms with E-state index in [2.05, 4.69) is 58.6 Å². The standard InChI is InChI=1S/C21H18FN3O4.C19H15BrFN3O2.CH4O.CO/c1-10-9-23-20(27)18-17(10)14-7-11(3-6-16(14)25-18)19(26)24-12-4-5-13(15(22)8-12)21(28)29-2;1-9-8-22-19(26)17-16(9)12-6-10(2-5-15(12)24-17)18(25)23-11-3-4-13(20)14(21)7-11;2*1-2/h3-8,10,25H,9H2,1-2H3,(H,23,27)(H,24,26);2-7,9,24H,8H2,1H3,(H,22,26)(H,23,25);2H,1H3;. The molecule has 0 radical (unpaired) electrons. The number of carbonyl (C=O) groups excluding carboxylic acids is 5. The van der Waals surface area contributed by atoms with Crippen LogP contribution in [-0.2, 0) is 9.39 Å². The quantitative estimate of drug-likeness (QED) is 0.0551. The van der Waals surface area contributed by atoms with Crippen molar-refractivity contribution in [3.05, 3.63) is 135 Å². The molecule has 2 unspecified atom stereocenters. The van der Waals surface area contributed by atoms with Crippen molar-refractivity contribution in [1.82, 2.24) is 20.6 Å². The molecule has 7 N–H and O–H groups in total. The number of methoxy groups -OCH3 is 1. The second-order valence-corrected chi connectivity index (χ2v) is 14.1. The zero-order valence-corrected chi connectivity index (χ0v) is 33.5. The first kappa shape index (κ1) is 43.5. The number of benzene rings is 4. The van der Waals surface area contributed by atoms with Crippen LogP contribution in [0.15, 0.2) is 77.3 Å². The minimum atomic E-state index is -0.791. The predicted molar refractivity (Wildman–Crippen MR) is 218 cm³/mol. The molecule has 6 aromatic rings. The number of esters is 1. The number of aliphatic hydroxyl groups is 1. The van der Waals surface area contributed by atoms with E-state index in [-0.39, 0.29) is 40.8 Å². The molecule has 0 aliphatic carbocycles. The van der Waals surface area contributed by atoms with E-state index < -0.39 is 23.5 Å². The van der Waals surface area contributed by atoms with Crippen LogP contribution in [0.4, 0.5) is 20.2 Å². The van der Waals surface area contributed by atoms with Crippen LogP contribution in [0.2, 0.25) is 0 Å². The van der Waals surface area contributed by atoms with E-state index in [4.69, 9.17) is 9.76 Å². The van der Waals surface area contributed by atoms with E-state index in [9.17, 15) is 32.8 Å². The third-order valence-corrected chi connectivity index (χ3v) is 10.2. The fourth-order valence-corrected chi connectivity index (χ4v) is 7.06. The Morgan fingerprint density at radius 3 is 1.59 bits per heavy atom. The number of aromatic nitrogens is 2. The number of fused-ring (bicyclic) bond motifs is 6. The van der Waals surface area contributed by atoms with E-state index >= 15 is 0 Å². The number of aromatic amines is 2. The average Bonchev–Trinajstić information content (AvgIpc) is 3.84. The van der Waals surface area contributed by atoms with Crippen molar-refractivity contribution < 1.29 is 47.2 Å². The summed E-state index contributed by atoms with van der Waals surface area (Å²) in [4.78, 5) is 67.1. The number of hydrogen-bond donors (Lipinski definition) is 7. The Morgan fingerprint density at radius 1 is 0.729 bits per heavy atom. The van der Waals surface area contributed by atoms with E-state index in [0.717, 1.165) is 53.2 Å². The summed E-state index contributed by atoms with van der Waals surface area (Å²) in [5, 5.41) is 19.6. The summed E-state index contributed by atoms with van der Waals surface area (Å²) in [5.41, 5.74) is 5.63. The number of halogens is 3. The predicted octanol–water partition coefficient (Wildman–Crippen LogP) is 6.93. The van der Waals surface area contributed by atoms with Gasteiger partial charge in [-0.1, -0.05) is 13.8 Å². The SMILES string of the molecule is CC1CNC(=O)c2[nH]c3ccc(C(=O)Nc4ccc(Br)c(F)c4)cc3c21.CO.COC(=O)c1ccc(NC(=O)c2ccc3[nH]c4c(c3c2)C(C)CNC4=O)cc1F.[C-]#[O+]. The summed E-state index contributed by atoms with van der Waals surface area (Å²) in [5.74, 6) is -2.84. The number of carbonyl (C=O) groups is 5. The van der Waals surface area contributed by atoms with Crippen molar-refractivity contribution in [3.63, 3.8) is 0 Å². The van der Waals surface area contributed by atoms with Gasteiger partial charge in [0.1, 0.15) is 23.0 Å². The van der Waals surface area contributed by atoms with Crippen LogP contribution in [0.1, 0.15) is 88.9 Å². The number of ether oxygens (including phenoxy) is 1. The summed E-state index contributed by atoms with van der Waals surface area (Å²) >= 11 is 3.08. The molecule has 0 spiro atoms. The van der Waals surface area contributed by atoms with Gasteiger partial charge >= 0.3 is 17.3 Å². The van der Waals surface area contributed by atoms with Gasteiger partial charge in [-0.05, 0) is 99.9 Å². The third-order valence-electron chi connectivity index (χ3n) is 9.59. The molecule has 2 aromatic heterocycles. The van der Waals surface area contributed by atoms with Gasteiger partial charge in [-0.3, -0.25) is 19.2 Å². The molecule has 2 aliphatic heterocycles. The molecular formula is C42H37BrF2N6O8. The molecule has 59 heavy (non-hydrogen) atoms. The molecule has 14 nitrogen and oxygen atoms in total. The monoisotopic (exact) mass is 870 g/mol. The van der Waals surface area contributed by atoms with E-state index in [1.165, 1.54) is 24.3 Å². The van der Waals surface area contributed by atoms with Crippen LogP contribution in [-0.4, -0.2) is 72.0 Å². The van der Waals surface area contributed by atoms with E-state index in [1.807, 2.05) is 13.8 Å². The second kappa shape index (κ2) is 18.7. The van der Waals surface area contributed by atoms with Crippen molar-refractivity contribution in [1.29, 1.82) is 0 Å². The summed E-state index contributed by atoms with van der Waals surface area (Å²) < 4.78 is 40.0. The fraction of sp³-hybridized carbons (Fsp3) is 0.190. The number of aliphatic hydroxyl groups excluding tert-OH is 1. The van der Waals surface area contributed by atoms with Crippen LogP contribution >= 0.6 is 15.9 Å². The summed E-state index contributed by atoms with van der Waals surface area (Å²) in [6.45, 7) is 9.63. The Morgan fingerprint density at radius 2 is 1.17 bits per heavy atom. The number of nitrogens with one attached hydrogen (secondary N) is 6. The molecule has 4 heterocycles. The van der Waals surface area contributed by atoms with Gasteiger partial charge in [-0.15, -0.1) is 0 Å². The summed E-state index contributed by atoms with van der Waals surface area (Å²) in [6, 6.07) is 18.5. The molecule has 2 aliphatic rings. The molecule has 0 saturated carbocycles. The van der Waals surface area contributed by atoms with Gasteiger partial charge in [0.2, 0.25) is 0 Å². The first-order valence-electron chi connectivity index (χ1n) is 17.8. The van der Waals surface area contributed by atoms with Crippen LogP contribution in [0.3, 0.4) is 0 Å². The van der Waals surface area contributed by atoms with Gasteiger partial charge in [-0.2, -0.15) is 0 Å². The molecule has 0 bridgehead atoms. The Bertz CT molecular complexity index is 2640. The average molecular weight is 872 g/mol. The van der Waals surface area contributed by atoms with Crippen molar-refractivity contribution in [2.45, 2.75) is 25.7 Å². The van der Waals surface area contributed by atoms with Gasteiger partial charge in [-0.25, -0.2) is 13.6 Å². The van der Waals surface area contributed by atoms with Crippen LogP contribution in [0, 0.1) is 18.3 Å². The molecular weight excluding hydrogens is 834 g/mol. The van der Waals surface area contributed by atoms with Gasteiger partial charge in [0.15, 0.2) is 0 Å². The maximum absolute atomic E-state index is 14.1. The molecule has 304 valence electrons. The molecule has 4 aromatic carbocycles. The van der Waals surface area contributed by atoms with Crippen LogP contribution in [0.5, 0.6) is 0 Å². The number of rotatable bonds is 5. The summed E-state index contributed by atoms with van der Waals surface area (Å²) in [6.07, 6.45) is 0. The zero-order valence-electron chi connectivity index (χ0n) is 31.9. The second-order valence-electron chi connectivity index (χ2n) is 13.3.